The molecule has 2 aromatic heterocycles. The van der Waals surface area contributed by atoms with Crippen LogP contribution in [0, 0.1) is 0 Å². The second-order valence-electron chi connectivity index (χ2n) is 5.23. The minimum atomic E-state index is -0.260. The van der Waals surface area contributed by atoms with Gasteiger partial charge in [0.15, 0.2) is 5.82 Å². The van der Waals surface area contributed by atoms with Crippen LogP contribution in [-0.2, 0) is 13.6 Å². The van der Waals surface area contributed by atoms with Crippen LogP contribution in [0.4, 0.5) is 10.6 Å². The van der Waals surface area contributed by atoms with Gasteiger partial charge < -0.3 is 20.1 Å². The van der Waals surface area contributed by atoms with Crippen molar-refractivity contribution in [3.05, 3.63) is 36.0 Å². The average molecular weight is 303 g/mol. The Hall–Kier alpha value is -2.64. The van der Waals surface area contributed by atoms with Crippen LogP contribution in [0.2, 0.25) is 0 Å². The summed E-state index contributed by atoms with van der Waals surface area (Å²) in [6.45, 7) is 2.26. The summed E-state index contributed by atoms with van der Waals surface area (Å²) in [7, 11) is 5.68. The molecule has 8 heteroatoms. The molecule has 2 N–H and O–H groups in total. The second kappa shape index (κ2) is 6.88. The zero-order valence-corrected chi connectivity index (χ0v) is 13.2. The van der Waals surface area contributed by atoms with E-state index in [0.717, 1.165) is 11.4 Å². The van der Waals surface area contributed by atoms with E-state index in [0.29, 0.717) is 12.4 Å². The predicted molar refractivity (Wildman–Crippen MR) is 83.4 cm³/mol. The number of aryl methyl sites for hydroxylation is 1. The molecule has 0 aliphatic carbocycles. The van der Waals surface area contributed by atoms with E-state index in [1.165, 1.54) is 0 Å². The number of hydrogen-bond acceptors (Lipinski definition) is 5. The van der Waals surface area contributed by atoms with E-state index in [2.05, 4.69) is 25.8 Å². The summed E-state index contributed by atoms with van der Waals surface area (Å²) in [5.41, 5.74) is 0.953. The van der Waals surface area contributed by atoms with Gasteiger partial charge in [-0.1, -0.05) is 6.07 Å². The first kappa shape index (κ1) is 15.7. The number of urea groups is 1. The minimum Gasteiger partial charge on any atom is -0.362 e. The first-order valence-electron chi connectivity index (χ1n) is 6.98. The number of amides is 2. The third-order valence-electron chi connectivity index (χ3n) is 3.21. The Bertz CT molecular complexity index is 638. The fourth-order valence-electron chi connectivity index (χ4n) is 2.14. The van der Waals surface area contributed by atoms with Gasteiger partial charge in [0.05, 0.1) is 6.04 Å². The van der Waals surface area contributed by atoms with Crippen LogP contribution in [0.1, 0.15) is 24.4 Å². The van der Waals surface area contributed by atoms with Gasteiger partial charge in [0.1, 0.15) is 12.1 Å². The number of anilines is 1. The van der Waals surface area contributed by atoms with Crippen molar-refractivity contribution in [1.82, 2.24) is 30.4 Å². The van der Waals surface area contributed by atoms with Crippen molar-refractivity contribution in [3.8, 4) is 0 Å². The highest BCUT2D eigenvalue weighted by Gasteiger charge is 2.14. The molecule has 1 unspecified atom stereocenters. The van der Waals surface area contributed by atoms with Crippen molar-refractivity contribution in [1.29, 1.82) is 0 Å². The molecule has 2 heterocycles. The van der Waals surface area contributed by atoms with Gasteiger partial charge in [0.2, 0.25) is 0 Å². The Morgan fingerprint density at radius 1 is 1.45 bits per heavy atom. The molecular formula is C14H21N7O. The summed E-state index contributed by atoms with van der Waals surface area (Å²) in [6, 6.07) is 3.30. The number of pyridine rings is 1. The van der Waals surface area contributed by atoms with Crippen LogP contribution in [0.15, 0.2) is 24.7 Å². The zero-order valence-electron chi connectivity index (χ0n) is 13.2. The number of rotatable bonds is 5. The molecule has 0 saturated heterocycles. The van der Waals surface area contributed by atoms with Crippen molar-refractivity contribution >= 4 is 11.8 Å². The van der Waals surface area contributed by atoms with E-state index in [-0.39, 0.29) is 12.1 Å². The molecule has 0 aromatic carbocycles. The summed E-state index contributed by atoms with van der Waals surface area (Å²) >= 11 is 0. The van der Waals surface area contributed by atoms with Gasteiger partial charge in [0, 0.05) is 39.4 Å². The first-order chi connectivity index (χ1) is 10.5. The Morgan fingerprint density at radius 3 is 2.86 bits per heavy atom. The number of aromatic nitrogens is 4. The summed E-state index contributed by atoms with van der Waals surface area (Å²) in [5, 5.41) is 13.4. The SMILES string of the molecule is CC(NC(=O)NCc1cccnc1N(C)C)c1nncn1C. The van der Waals surface area contributed by atoms with Gasteiger partial charge in [-0.25, -0.2) is 9.78 Å². The Kier molecular flexibility index (Phi) is 4.92. The molecule has 2 amide bonds. The molecule has 0 aliphatic heterocycles. The normalized spacial score (nSPS) is 11.8. The van der Waals surface area contributed by atoms with Gasteiger partial charge in [-0.3, -0.25) is 0 Å². The van der Waals surface area contributed by atoms with Crippen LogP contribution in [-0.4, -0.2) is 39.9 Å². The van der Waals surface area contributed by atoms with E-state index in [9.17, 15) is 4.79 Å². The minimum absolute atomic E-state index is 0.227. The summed E-state index contributed by atoms with van der Waals surface area (Å²) in [6.07, 6.45) is 3.33. The van der Waals surface area contributed by atoms with Gasteiger partial charge >= 0.3 is 6.03 Å². The molecular weight excluding hydrogens is 282 g/mol. The lowest BCUT2D eigenvalue weighted by atomic mass is 10.2. The van der Waals surface area contributed by atoms with Gasteiger partial charge in [-0.2, -0.15) is 0 Å². The lowest BCUT2D eigenvalue weighted by Gasteiger charge is -2.17. The maximum Gasteiger partial charge on any atom is 0.315 e. The van der Waals surface area contributed by atoms with Gasteiger partial charge in [0.25, 0.3) is 0 Å². The number of nitrogens with zero attached hydrogens (tertiary/aromatic N) is 5. The molecule has 0 aliphatic rings. The Balaban J connectivity index is 1.92. The highest BCUT2D eigenvalue weighted by atomic mass is 16.2. The lowest BCUT2D eigenvalue weighted by molar-refractivity contribution is 0.237. The van der Waals surface area contributed by atoms with E-state index in [1.54, 1.807) is 17.1 Å². The van der Waals surface area contributed by atoms with E-state index < -0.39 is 0 Å². The topological polar surface area (TPSA) is 88.0 Å². The van der Waals surface area contributed by atoms with Crippen molar-refractivity contribution in [2.75, 3.05) is 19.0 Å². The molecule has 0 radical (unpaired) electrons. The monoisotopic (exact) mass is 303 g/mol. The molecule has 1 atom stereocenters. The van der Waals surface area contributed by atoms with Gasteiger partial charge in [-0.15, -0.1) is 10.2 Å². The molecule has 2 aromatic rings. The Labute approximate surface area is 129 Å². The fourth-order valence-corrected chi connectivity index (χ4v) is 2.14. The number of carbonyl (C=O) groups excluding carboxylic acids is 1. The van der Waals surface area contributed by atoms with Crippen molar-refractivity contribution in [3.63, 3.8) is 0 Å². The molecule has 0 saturated carbocycles. The highest BCUT2D eigenvalue weighted by molar-refractivity contribution is 5.74. The van der Waals surface area contributed by atoms with Crippen LogP contribution in [0.25, 0.3) is 0 Å². The third-order valence-corrected chi connectivity index (χ3v) is 3.21. The fraction of sp³-hybridized carbons (Fsp3) is 0.429. The maximum absolute atomic E-state index is 12.0. The van der Waals surface area contributed by atoms with E-state index in [1.807, 2.05) is 45.1 Å². The zero-order chi connectivity index (χ0) is 16.1. The summed E-state index contributed by atoms with van der Waals surface area (Å²) < 4.78 is 1.77. The molecule has 22 heavy (non-hydrogen) atoms. The molecule has 2 rings (SSSR count). The largest absolute Gasteiger partial charge is 0.362 e. The molecule has 0 fully saturated rings. The quantitative estimate of drug-likeness (QED) is 0.854. The number of carbonyl (C=O) groups is 1. The smallest absolute Gasteiger partial charge is 0.315 e. The van der Waals surface area contributed by atoms with Gasteiger partial charge in [-0.05, 0) is 13.0 Å². The average Bonchev–Trinajstić information content (AvgIpc) is 2.91. The van der Waals surface area contributed by atoms with E-state index in [4.69, 9.17) is 0 Å². The molecule has 0 spiro atoms. The standard InChI is InChI=1S/C14H21N7O/c1-10(12-19-17-9-21(12)4)18-14(22)16-8-11-6-5-7-15-13(11)20(2)3/h5-7,9-10H,8H2,1-4H3,(H2,16,18,22). The van der Waals surface area contributed by atoms with Crippen molar-refractivity contribution in [2.45, 2.75) is 19.5 Å². The first-order valence-corrected chi connectivity index (χ1v) is 6.98. The molecule has 8 nitrogen and oxygen atoms in total. The lowest BCUT2D eigenvalue weighted by Crippen LogP contribution is -2.37. The predicted octanol–water partition coefficient (Wildman–Crippen LogP) is 0.836. The number of hydrogen-bond donors (Lipinski definition) is 2. The van der Waals surface area contributed by atoms with E-state index >= 15 is 0 Å². The van der Waals surface area contributed by atoms with Crippen LogP contribution < -0.4 is 15.5 Å². The van der Waals surface area contributed by atoms with Crippen LogP contribution in [0.5, 0.6) is 0 Å². The molecule has 118 valence electrons. The number of nitrogens with one attached hydrogen (secondary N) is 2. The summed E-state index contributed by atoms with van der Waals surface area (Å²) in [5.74, 6) is 1.54. The Morgan fingerprint density at radius 2 is 2.23 bits per heavy atom. The molecule has 0 bridgehead atoms. The van der Waals surface area contributed by atoms with Crippen molar-refractivity contribution in [2.24, 2.45) is 7.05 Å². The van der Waals surface area contributed by atoms with Crippen LogP contribution in [0.3, 0.4) is 0 Å². The summed E-state index contributed by atoms with van der Waals surface area (Å²) in [4.78, 5) is 18.2. The van der Waals surface area contributed by atoms with Crippen molar-refractivity contribution < 1.29 is 4.79 Å². The highest BCUT2D eigenvalue weighted by Crippen LogP contribution is 2.14. The third kappa shape index (κ3) is 3.72. The van der Waals surface area contributed by atoms with Crippen LogP contribution >= 0.6 is 0 Å². The maximum atomic E-state index is 12.0. The second-order valence-corrected chi connectivity index (χ2v) is 5.23.